The number of benzene rings is 1. The van der Waals surface area contributed by atoms with Crippen molar-refractivity contribution < 1.29 is 18.7 Å². The van der Waals surface area contributed by atoms with E-state index in [0.717, 1.165) is 0 Å². The van der Waals surface area contributed by atoms with E-state index in [1.54, 1.807) is 0 Å². The Morgan fingerprint density at radius 2 is 2.12 bits per heavy atom. The first-order valence-electron chi connectivity index (χ1n) is 4.87. The molecular formula is C11H13BrFNO3. The van der Waals surface area contributed by atoms with E-state index in [-0.39, 0.29) is 16.9 Å². The molecule has 0 aliphatic heterocycles. The topological polar surface area (TPSA) is 47.6 Å². The summed E-state index contributed by atoms with van der Waals surface area (Å²) in [4.78, 5) is 11.7. The van der Waals surface area contributed by atoms with E-state index in [9.17, 15) is 9.18 Å². The van der Waals surface area contributed by atoms with Gasteiger partial charge in [-0.05, 0) is 34.1 Å². The summed E-state index contributed by atoms with van der Waals surface area (Å²) in [6, 6.07) is 4.05. The summed E-state index contributed by atoms with van der Waals surface area (Å²) >= 11 is 3.02. The van der Waals surface area contributed by atoms with Gasteiger partial charge in [0.15, 0.2) is 6.29 Å². The van der Waals surface area contributed by atoms with Gasteiger partial charge in [-0.15, -0.1) is 0 Å². The molecule has 0 radical (unpaired) electrons. The molecule has 0 saturated heterocycles. The molecule has 1 amide bonds. The van der Waals surface area contributed by atoms with Crippen LogP contribution in [-0.4, -0.2) is 33.0 Å². The van der Waals surface area contributed by atoms with Crippen molar-refractivity contribution in [3.8, 4) is 0 Å². The normalized spacial score (nSPS) is 10.6. The van der Waals surface area contributed by atoms with Crippen LogP contribution in [0.1, 0.15) is 10.4 Å². The van der Waals surface area contributed by atoms with Crippen LogP contribution in [0.25, 0.3) is 0 Å². The van der Waals surface area contributed by atoms with Gasteiger partial charge in [0, 0.05) is 19.8 Å². The van der Waals surface area contributed by atoms with Crippen molar-refractivity contribution >= 4 is 21.8 Å². The van der Waals surface area contributed by atoms with Crippen LogP contribution in [0.3, 0.4) is 0 Å². The van der Waals surface area contributed by atoms with Crippen molar-refractivity contribution in [3.05, 3.63) is 34.1 Å². The fraction of sp³-hybridized carbons (Fsp3) is 0.364. The summed E-state index contributed by atoms with van der Waals surface area (Å²) in [6.07, 6.45) is -0.497. The van der Waals surface area contributed by atoms with Gasteiger partial charge in [0.25, 0.3) is 5.91 Å². The zero-order valence-electron chi connectivity index (χ0n) is 9.50. The van der Waals surface area contributed by atoms with Gasteiger partial charge >= 0.3 is 0 Å². The lowest BCUT2D eigenvalue weighted by Crippen LogP contribution is -2.34. The molecule has 6 heteroatoms. The van der Waals surface area contributed by atoms with Gasteiger partial charge in [-0.25, -0.2) is 4.39 Å². The van der Waals surface area contributed by atoms with E-state index in [0.29, 0.717) is 5.56 Å². The second-order valence-corrected chi connectivity index (χ2v) is 4.09. The molecule has 0 atom stereocenters. The number of nitrogens with one attached hydrogen (secondary N) is 1. The fourth-order valence-electron chi connectivity index (χ4n) is 1.18. The Morgan fingerprint density at radius 1 is 1.47 bits per heavy atom. The van der Waals surface area contributed by atoms with Crippen molar-refractivity contribution in [1.29, 1.82) is 0 Å². The summed E-state index contributed by atoms with van der Waals surface area (Å²) in [5.41, 5.74) is 0.365. The van der Waals surface area contributed by atoms with Gasteiger partial charge in [0.2, 0.25) is 0 Å². The van der Waals surface area contributed by atoms with E-state index in [1.165, 1.54) is 32.4 Å². The van der Waals surface area contributed by atoms with Crippen LogP contribution < -0.4 is 5.32 Å². The SMILES string of the molecule is COC(CNC(=O)c1ccc(F)c(Br)c1)OC. The minimum absolute atomic E-state index is 0.223. The fourth-order valence-corrected chi connectivity index (χ4v) is 1.56. The zero-order valence-corrected chi connectivity index (χ0v) is 11.1. The molecule has 0 aliphatic carbocycles. The third kappa shape index (κ3) is 4.07. The van der Waals surface area contributed by atoms with Gasteiger partial charge in [-0.3, -0.25) is 4.79 Å². The predicted octanol–water partition coefficient (Wildman–Crippen LogP) is 1.94. The highest BCUT2D eigenvalue weighted by atomic mass is 79.9. The highest BCUT2D eigenvalue weighted by molar-refractivity contribution is 9.10. The van der Waals surface area contributed by atoms with Crippen LogP contribution in [0.15, 0.2) is 22.7 Å². The lowest BCUT2D eigenvalue weighted by molar-refractivity contribution is -0.0974. The van der Waals surface area contributed by atoms with Crippen LogP contribution in [-0.2, 0) is 9.47 Å². The minimum Gasteiger partial charge on any atom is -0.354 e. The van der Waals surface area contributed by atoms with Crippen LogP contribution in [0.2, 0.25) is 0 Å². The quantitative estimate of drug-likeness (QED) is 0.846. The van der Waals surface area contributed by atoms with Crippen LogP contribution in [0, 0.1) is 5.82 Å². The van der Waals surface area contributed by atoms with Crippen LogP contribution in [0.4, 0.5) is 4.39 Å². The van der Waals surface area contributed by atoms with E-state index in [2.05, 4.69) is 21.2 Å². The van der Waals surface area contributed by atoms with E-state index >= 15 is 0 Å². The number of rotatable bonds is 5. The van der Waals surface area contributed by atoms with E-state index < -0.39 is 12.1 Å². The van der Waals surface area contributed by atoms with Gasteiger partial charge in [0.05, 0.1) is 11.0 Å². The van der Waals surface area contributed by atoms with Crippen molar-refractivity contribution in [1.82, 2.24) is 5.32 Å². The zero-order chi connectivity index (χ0) is 12.8. The molecule has 0 spiro atoms. The third-order valence-corrected chi connectivity index (χ3v) is 2.74. The molecule has 1 N–H and O–H groups in total. The predicted molar refractivity (Wildman–Crippen MR) is 64.2 cm³/mol. The standard InChI is InChI=1S/C11H13BrFNO3/c1-16-10(17-2)6-14-11(15)7-3-4-9(13)8(12)5-7/h3-5,10H,6H2,1-2H3,(H,14,15). The Labute approximate surface area is 107 Å². The summed E-state index contributed by atoms with van der Waals surface area (Å²) < 4.78 is 23.1. The van der Waals surface area contributed by atoms with Crippen LogP contribution >= 0.6 is 15.9 Å². The third-order valence-electron chi connectivity index (χ3n) is 2.14. The van der Waals surface area contributed by atoms with Gasteiger partial charge in [0.1, 0.15) is 5.82 Å². The van der Waals surface area contributed by atoms with Crippen molar-refractivity contribution in [2.45, 2.75) is 6.29 Å². The van der Waals surface area contributed by atoms with Gasteiger partial charge in [-0.2, -0.15) is 0 Å². The number of carbonyl (C=O) groups is 1. The first-order valence-corrected chi connectivity index (χ1v) is 5.66. The lowest BCUT2D eigenvalue weighted by Gasteiger charge is -2.14. The molecule has 0 aliphatic rings. The Morgan fingerprint density at radius 3 is 2.65 bits per heavy atom. The summed E-state index contributed by atoms with van der Waals surface area (Å²) in [6.45, 7) is 0.223. The average Bonchev–Trinajstić information content (AvgIpc) is 2.33. The molecule has 1 aromatic carbocycles. The molecule has 1 aromatic rings. The van der Waals surface area contributed by atoms with Crippen LogP contribution in [0.5, 0.6) is 0 Å². The summed E-state index contributed by atoms with van der Waals surface area (Å²) in [5.74, 6) is -0.724. The van der Waals surface area contributed by atoms with Crippen molar-refractivity contribution in [2.24, 2.45) is 0 Å². The second-order valence-electron chi connectivity index (χ2n) is 3.24. The number of hydrogen-bond acceptors (Lipinski definition) is 3. The maximum atomic E-state index is 13.0. The molecule has 94 valence electrons. The molecule has 0 fully saturated rings. The molecule has 0 bridgehead atoms. The average molecular weight is 306 g/mol. The number of carbonyl (C=O) groups excluding carboxylic acids is 1. The summed E-state index contributed by atoms with van der Waals surface area (Å²) in [5, 5.41) is 2.62. The number of ether oxygens (including phenoxy) is 2. The lowest BCUT2D eigenvalue weighted by atomic mass is 10.2. The van der Waals surface area contributed by atoms with E-state index in [1.807, 2.05) is 0 Å². The van der Waals surface area contributed by atoms with Crippen molar-refractivity contribution in [2.75, 3.05) is 20.8 Å². The first kappa shape index (κ1) is 14.1. The van der Waals surface area contributed by atoms with E-state index in [4.69, 9.17) is 9.47 Å². The molecular weight excluding hydrogens is 293 g/mol. The number of amides is 1. The highest BCUT2D eigenvalue weighted by Crippen LogP contribution is 2.16. The molecule has 1 rings (SSSR count). The number of methoxy groups -OCH3 is 2. The number of hydrogen-bond donors (Lipinski definition) is 1. The van der Waals surface area contributed by atoms with Gasteiger partial charge < -0.3 is 14.8 Å². The molecule has 0 aromatic heterocycles. The molecule has 0 saturated carbocycles. The smallest absolute Gasteiger partial charge is 0.251 e. The molecule has 0 heterocycles. The Kier molecular flexibility index (Phi) is 5.54. The highest BCUT2D eigenvalue weighted by Gasteiger charge is 2.11. The molecule has 0 unspecified atom stereocenters. The maximum Gasteiger partial charge on any atom is 0.251 e. The van der Waals surface area contributed by atoms with Crippen molar-refractivity contribution in [3.63, 3.8) is 0 Å². The Bertz CT molecular complexity index is 396. The Balaban J connectivity index is 2.61. The molecule has 4 nitrogen and oxygen atoms in total. The summed E-state index contributed by atoms with van der Waals surface area (Å²) in [7, 11) is 2.96. The van der Waals surface area contributed by atoms with Gasteiger partial charge in [-0.1, -0.05) is 0 Å². The maximum absolute atomic E-state index is 13.0. The number of halogens is 2. The first-order chi connectivity index (χ1) is 8.08. The monoisotopic (exact) mass is 305 g/mol. The second kappa shape index (κ2) is 6.68. The molecule has 17 heavy (non-hydrogen) atoms. The Hall–Kier alpha value is -0.980. The largest absolute Gasteiger partial charge is 0.354 e. The minimum atomic E-state index is -0.497.